The van der Waals surface area contributed by atoms with Crippen LogP contribution in [0.3, 0.4) is 0 Å². The van der Waals surface area contributed by atoms with Crippen LogP contribution in [0.2, 0.25) is 0 Å². The number of alkyl halides is 3. The molecular weight excluding hydrogens is 349 g/mol. The van der Waals surface area contributed by atoms with Crippen molar-refractivity contribution in [1.82, 2.24) is 4.98 Å². The molecule has 0 saturated carbocycles. The van der Waals surface area contributed by atoms with Crippen LogP contribution in [0.1, 0.15) is 18.1 Å². The lowest BCUT2D eigenvalue weighted by atomic mass is 10.2. The van der Waals surface area contributed by atoms with E-state index in [1.54, 1.807) is 18.2 Å². The number of anilines is 1. The summed E-state index contributed by atoms with van der Waals surface area (Å²) in [7, 11) is 1.51. The van der Waals surface area contributed by atoms with Crippen LogP contribution in [0.5, 0.6) is 11.5 Å². The van der Waals surface area contributed by atoms with Crippen molar-refractivity contribution in [3.63, 3.8) is 0 Å². The topological polar surface area (TPSA) is 60.5 Å². The number of halogens is 3. The highest BCUT2D eigenvalue weighted by molar-refractivity contribution is 6.01. The molecule has 0 spiro atoms. The van der Waals surface area contributed by atoms with Gasteiger partial charge in [0.05, 0.1) is 19.3 Å². The summed E-state index contributed by atoms with van der Waals surface area (Å²) in [5, 5.41) is 2.39. The van der Waals surface area contributed by atoms with Crippen LogP contribution >= 0.6 is 0 Å². The van der Waals surface area contributed by atoms with E-state index < -0.39 is 17.6 Å². The summed E-state index contributed by atoms with van der Waals surface area (Å²) in [6.07, 6.45) is -1.02. The summed E-state index contributed by atoms with van der Waals surface area (Å²) >= 11 is 0. The lowest BCUT2D eigenvalue weighted by Crippen LogP contribution is -2.11. The van der Waals surface area contributed by atoms with Gasteiger partial charge in [0.25, 0.3) is 0 Å². The molecule has 0 unspecified atom stereocenters. The third kappa shape index (κ3) is 5.23. The van der Waals surface area contributed by atoms with Crippen molar-refractivity contribution in [2.24, 2.45) is 0 Å². The van der Waals surface area contributed by atoms with Crippen molar-refractivity contribution in [3.8, 4) is 11.5 Å². The largest absolute Gasteiger partial charge is 0.493 e. The predicted molar refractivity (Wildman–Crippen MR) is 91.1 cm³/mol. The van der Waals surface area contributed by atoms with Crippen LogP contribution in [0.25, 0.3) is 6.08 Å². The van der Waals surface area contributed by atoms with Gasteiger partial charge in [-0.3, -0.25) is 4.79 Å². The number of aromatic nitrogens is 1. The zero-order valence-electron chi connectivity index (χ0n) is 14.1. The Bertz CT molecular complexity index is 787. The van der Waals surface area contributed by atoms with Crippen LogP contribution in [-0.2, 0) is 11.0 Å². The fourth-order valence-corrected chi connectivity index (χ4v) is 2.04. The molecule has 5 nitrogen and oxygen atoms in total. The van der Waals surface area contributed by atoms with Gasteiger partial charge in [0, 0.05) is 12.3 Å². The first-order valence-corrected chi connectivity index (χ1v) is 7.66. The van der Waals surface area contributed by atoms with E-state index in [-0.39, 0.29) is 5.82 Å². The fraction of sp³-hybridized carbons (Fsp3) is 0.222. The monoisotopic (exact) mass is 366 g/mol. The Morgan fingerprint density at radius 2 is 2.00 bits per heavy atom. The summed E-state index contributed by atoms with van der Waals surface area (Å²) in [6, 6.07) is 7.11. The number of benzene rings is 1. The van der Waals surface area contributed by atoms with Gasteiger partial charge >= 0.3 is 6.18 Å². The van der Waals surface area contributed by atoms with Crippen LogP contribution in [-0.4, -0.2) is 24.6 Å². The molecule has 2 rings (SSSR count). The van der Waals surface area contributed by atoms with Crippen molar-refractivity contribution < 1.29 is 27.4 Å². The predicted octanol–water partition coefficient (Wildman–Crippen LogP) is 4.16. The minimum Gasteiger partial charge on any atom is -0.493 e. The second-order valence-corrected chi connectivity index (χ2v) is 5.10. The third-order valence-corrected chi connectivity index (χ3v) is 3.26. The van der Waals surface area contributed by atoms with Crippen LogP contribution in [0.15, 0.2) is 42.6 Å². The van der Waals surface area contributed by atoms with Gasteiger partial charge in [-0.15, -0.1) is 0 Å². The highest BCUT2D eigenvalue weighted by Crippen LogP contribution is 2.29. The molecule has 0 fully saturated rings. The Balaban J connectivity index is 2.03. The number of carbonyl (C=O) groups excluding carboxylic acids is 1. The highest BCUT2D eigenvalue weighted by atomic mass is 19.4. The lowest BCUT2D eigenvalue weighted by molar-refractivity contribution is -0.137. The zero-order valence-corrected chi connectivity index (χ0v) is 14.1. The van der Waals surface area contributed by atoms with Crippen molar-refractivity contribution >= 4 is 17.8 Å². The van der Waals surface area contributed by atoms with Gasteiger partial charge in [0.1, 0.15) is 5.82 Å². The molecule has 0 atom stereocenters. The zero-order chi connectivity index (χ0) is 19.2. The van der Waals surface area contributed by atoms with Crippen LogP contribution in [0, 0.1) is 0 Å². The number of hydrogen-bond donors (Lipinski definition) is 1. The fourth-order valence-electron chi connectivity index (χ4n) is 2.04. The van der Waals surface area contributed by atoms with E-state index in [0.717, 1.165) is 12.1 Å². The smallest absolute Gasteiger partial charge is 0.417 e. The molecular formula is C18H17F3N2O3. The molecule has 1 heterocycles. The summed E-state index contributed by atoms with van der Waals surface area (Å²) < 4.78 is 48.0. The van der Waals surface area contributed by atoms with Crippen LogP contribution < -0.4 is 14.8 Å². The van der Waals surface area contributed by atoms with Gasteiger partial charge in [-0.2, -0.15) is 13.2 Å². The van der Waals surface area contributed by atoms with E-state index in [4.69, 9.17) is 9.47 Å². The van der Waals surface area contributed by atoms with Crippen molar-refractivity contribution in [2.45, 2.75) is 13.1 Å². The minimum absolute atomic E-state index is 0.0249. The maximum Gasteiger partial charge on any atom is 0.417 e. The number of methoxy groups -OCH3 is 1. The summed E-state index contributed by atoms with van der Waals surface area (Å²) in [6.45, 7) is 2.35. The third-order valence-electron chi connectivity index (χ3n) is 3.26. The van der Waals surface area contributed by atoms with E-state index in [1.165, 1.54) is 19.3 Å². The highest BCUT2D eigenvalue weighted by Gasteiger charge is 2.30. The minimum atomic E-state index is -4.47. The Morgan fingerprint density at radius 1 is 1.23 bits per heavy atom. The summed E-state index contributed by atoms with van der Waals surface area (Å²) in [4.78, 5) is 15.5. The number of nitrogens with one attached hydrogen (secondary N) is 1. The Morgan fingerprint density at radius 3 is 2.58 bits per heavy atom. The second kappa shape index (κ2) is 8.37. The maximum atomic E-state index is 12.5. The molecule has 2 aromatic rings. The molecule has 1 amide bonds. The van der Waals surface area contributed by atoms with E-state index in [1.807, 2.05) is 6.92 Å². The number of pyridine rings is 1. The number of ether oxygens (including phenoxy) is 2. The summed E-state index contributed by atoms with van der Waals surface area (Å²) in [5.74, 6) is 0.617. The van der Waals surface area contributed by atoms with Gasteiger partial charge < -0.3 is 14.8 Å². The Kier molecular flexibility index (Phi) is 6.21. The molecule has 1 aromatic heterocycles. The molecule has 26 heavy (non-hydrogen) atoms. The van der Waals surface area contributed by atoms with Gasteiger partial charge in [-0.1, -0.05) is 6.07 Å². The maximum absolute atomic E-state index is 12.5. The summed E-state index contributed by atoms with van der Waals surface area (Å²) in [5.41, 5.74) is -0.187. The first-order valence-electron chi connectivity index (χ1n) is 7.66. The first-order chi connectivity index (χ1) is 12.3. The van der Waals surface area contributed by atoms with E-state index >= 15 is 0 Å². The molecule has 1 aromatic carbocycles. The van der Waals surface area contributed by atoms with Gasteiger partial charge in [0.2, 0.25) is 5.91 Å². The first kappa shape index (κ1) is 19.3. The SMILES string of the molecule is CCOc1ccc(/C=C/C(=O)Nc2ccc(C(F)(F)F)cn2)cc1OC. The molecule has 1 N–H and O–H groups in total. The average Bonchev–Trinajstić information content (AvgIpc) is 2.60. The number of rotatable bonds is 6. The molecule has 8 heteroatoms. The van der Waals surface area contributed by atoms with Crippen LogP contribution in [0.4, 0.5) is 19.0 Å². The molecule has 0 radical (unpaired) electrons. The number of carbonyl (C=O) groups is 1. The van der Waals surface area contributed by atoms with Gasteiger partial charge in [-0.05, 0) is 42.8 Å². The van der Waals surface area contributed by atoms with E-state index in [2.05, 4.69) is 10.3 Å². The molecule has 138 valence electrons. The van der Waals surface area contributed by atoms with Gasteiger partial charge in [-0.25, -0.2) is 4.98 Å². The molecule has 0 aliphatic rings. The van der Waals surface area contributed by atoms with Crippen molar-refractivity contribution in [3.05, 3.63) is 53.7 Å². The normalized spacial score (nSPS) is 11.4. The van der Waals surface area contributed by atoms with Gasteiger partial charge in [0.15, 0.2) is 11.5 Å². The number of amides is 1. The van der Waals surface area contributed by atoms with E-state index in [0.29, 0.717) is 29.9 Å². The van der Waals surface area contributed by atoms with E-state index in [9.17, 15) is 18.0 Å². The Hall–Kier alpha value is -3.03. The molecule has 0 aliphatic heterocycles. The Labute approximate surface area is 148 Å². The average molecular weight is 366 g/mol. The lowest BCUT2D eigenvalue weighted by Gasteiger charge is -2.09. The molecule has 0 saturated heterocycles. The second-order valence-electron chi connectivity index (χ2n) is 5.10. The molecule has 0 bridgehead atoms. The quantitative estimate of drug-likeness (QED) is 0.780. The van der Waals surface area contributed by atoms with Crippen molar-refractivity contribution in [1.29, 1.82) is 0 Å². The standard InChI is InChI=1S/C18H17F3N2O3/c1-3-26-14-7-4-12(10-15(14)25-2)5-9-17(24)23-16-8-6-13(11-22-16)18(19,20)21/h4-11H,3H2,1-2H3,(H,22,23,24)/b9-5+. The number of nitrogens with zero attached hydrogens (tertiary/aromatic N) is 1. The van der Waals surface area contributed by atoms with Crippen molar-refractivity contribution in [2.75, 3.05) is 19.0 Å². The number of hydrogen-bond acceptors (Lipinski definition) is 4. The molecule has 0 aliphatic carbocycles.